The molecule has 0 unspecified atom stereocenters. The molecular formula is C17H19N3O2S. The van der Waals surface area contributed by atoms with Crippen LogP contribution in [-0.4, -0.2) is 15.4 Å². The number of thiol groups is 1. The normalized spacial score (nSPS) is 15.3. The quantitative estimate of drug-likeness (QED) is 0.747. The molecule has 0 spiro atoms. The number of nitrogens with zero attached hydrogens (tertiary/aromatic N) is 1. The predicted octanol–water partition coefficient (Wildman–Crippen LogP) is 3.95. The van der Waals surface area contributed by atoms with Crippen molar-refractivity contribution in [2.45, 2.75) is 38.0 Å². The summed E-state index contributed by atoms with van der Waals surface area (Å²) < 4.78 is 0. The highest BCUT2D eigenvalue weighted by molar-refractivity contribution is 7.96. The number of rotatable bonds is 3. The predicted molar refractivity (Wildman–Crippen MR) is 94.1 cm³/mol. The zero-order valence-corrected chi connectivity index (χ0v) is 13.6. The lowest BCUT2D eigenvalue weighted by Gasteiger charge is -2.23. The van der Waals surface area contributed by atoms with E-state index in [1.807, 2.05) is 12.1 Å². The molecule has 2 aromatic rings. The van der Waals surface area contributed by atoms with Crippen LogP contribution in [0.2, 0.25) is 0 Å². The van der Waals surface area contributed by atoms with Crippen LogP contribution in [0.25, 0.3) is 11.3 Å². The highest BCUT2D eigenvalue weighted by Crippen LogP contribution is 2.36. The van der Waals surface area contributed by atoms with E-state index in [9.17, 15) is 9.59 Å². The fraction of sp³-hybridized carbons (Fsp3) is 0.353. The Morgan fingerprint density at radius 2 is 1.96 bits per heavy atom. The zero-order chi connectivity index (χ0) is 16.2. The van der Waals surface area contributed by atoms with Crippen LogP contribution in [0, 0.1) is 0 Å². The van der Waals surface area contributed by atoms with Gasteiger partial charge in [0, 0.05) is 11.6 Å². The molecule has 1 heterocycles. The Balaban J connectivity index is 1.99. The average molecular weight is 329 g/mol. The van der Waals surface area contributed by atoms with E-state index in [1.165, 1.54) is 43.7 Å². The van der Waals surface area contributed by atoms with Gasteiger partial charge >= 0.3 is 0 Å². The molecule has 23 heavy (non-hydrogen) atoms. The topological polar surface area (TPSA) is 74.8 Å². The van der Waals surface area contributed by atoms with E-state index in [0.717, 1.165) is 5.56 Å². The van der Waals surface area contributed by atoms with Crippen molar-refractivity contribution in [3.8, 4) is 11.3 Å². The first-order valence-electron chi connectivity index (χ1n) is 7.83. The maximum Gasteiger partial charge on any atom is 0.280 e. The van der Waals surface area contributed by atoms with Crippen molar-refractivity contribution in [3.63, 3.8) is 0 Å². The van der Waals surface area contributed by atoms with Gasteiger partial charge in [-0.2, -0.15) is 5.10 Å². The lowest BCUT2D eigenvalue weighted by Crippen LogP contribution is -2.09. The van der Waals surface area contributed by atoms with Crippen LogP contribution >= 0.6 is 12.6 Å². The minimum absolute atomic E-state index is 0.257. The van der Waals surface area contributed by atoms with E-state index >= 15 is 0 Å². The lowest BCUT2D eigenvalue weighted by atomic mass is 9.83. The van der Waals surface area contributed by atoms with Crippen molar-refractivity contribution in [1.82, 2.24) is 10.2 Å². The number of hydrogen-bond acceptors (Lipinski definition) is 3. The maximum absolute atomic E-state index is 11.4. The SMILES string of the molecule is O=C(S)Nc1cc(C2CCCCC2)ccc1-c1ccc(=O)[nH]n1. The number of aromatic nitrogens is 2. The number of carbonyl (C=O) groups excluding carboxylic acids is 1. The molecule has 6 heteroatoms. The van der Waals surface area contributed by atoms with Crippen LogP contribution in [-0.2, 0) is 0 Å². The van der Waals surface area contributed by atoms with Gasteiger partial charge in [-0.1, -0.05) is 44.0 Å². The molecule has 0 radical (unpaired) electrons. The number of amides is 1. The summed E-state index contributed by atoms with van der Waals surface area (Å²) in [7, 11) is 0. The van der Waals surface area contributed by atoms with Gasteiger partial charge in [-0.15, -0.1) is 0 Å². The number of hydrogen-bond donors (Lipinski definition) is 3. The number of nitrogens with one attached hydrogen (secondary N) is 2. The van der Waals surface area contributed by atoms with Crippen molar-refractivity contribution >= 4 is 23.6 Å². The molecule has 0 saturated heterocycles. The third-order valence-corrected chi connectivity index (χ3v) is 4.43. The molecular weight excluding hydrogens is 310 g/mol. The summed E-state index contributed by atoms with van der Waals surface area (Å²) in [6, 6.07) is 9.11. The summed E-state index contributed by atoms with van der Waals surface area (Å²) >= 11 is 3.82. The van der Waals surface area contributed by atoms with Crippen molar-refractivity contribution in [2.24, 2.45) is 0 Å². The molecule has 1 amide bonds. The van der Waals surface area contributed by atoms with Gasteiger partial charge in [0.25, 0.3) is 10.8 Å². The Bertz CT molecular complexity index is 746. The fourth-order valence-corrected chi connectivity index (χ4v) is 3.31. The van der Waals surface area contributed by atoms with Crippen LogP contribution in [0.15, 0.2) is 35.1 Å². The Labute approximate surface area is 139 Å². The van der Waals surface area contributed by atoms with Gasteiger partial charge < -0.3 is 5.32 Å². The molecule has 0 bridgehead atoms. The van der Waals surface area contributed by atoms with Gasteiger partial charge in [0.1, 0.15) is 0 Å². The maximum atomic E-state index is 11.4. The summed E-state index contributed by atoms with van der Waals surface area (Å²) in [6.45, 7) is 0. The van der Waals surface area contributed by atoms with Crippen LogP contribution in [0.4, 0.5) is 10.5 Å². The highest BCUT2D eigenvalue weighted by Gasteiger charge is 2.18. The summed E-state index contributed by atoms with van der Waals surface area (Å²) in [5.74, 6) is 0.539. The number of benzene rings is 1. The molecule has 1 aliphatic carbocycles. The minimum atomic E-state index is -0.420. The van der Waals surface area contributed by atoms with E-state index in [4.69, 9.17) is 0 Å². The first-order valence-corrected chi connectivity index (χ1v) is 8.28. The number of carbonyl (C=O) groups is 1. The second kappa shape index (κ2) is 7.00. The fourth-order valence-electron chi connectivity index (χ4n) is 3.19. The molecule has 3 rings (SSSR count). The van der Waals surface area contributed by atoms with Gasteiger partial charge in [0.2, 0.25) is 0 Å². The Morgan fingerprint density at radius 1 is 1.17 bits per heavy atom. The second-order valence-corrected chi connectivity index (χ2v) is 6.28. The Hall–Kier alpha value is -2.08. The Kier molecular flexibility index (Phi) is 4.81. The smallest absolute Gasteiger partial charge is 0.280 e. The monoisotopic (exact) mass is 329 g/mol. The molecule has 5 nitrogen and oxygen atoms in total. The molecule has 2 N–H and O–H groups in total. The van der Waals surface area contributed by atoms with Gasteiger partial charge in [-0.05, 0) is 36.5 Å². The molecule has 0 aliphatic heterocycles. The van der Waals surface area contributed by atoms with Gasteiger partial charge in [-0.25, -0.2) is 5.10 Å². The molecule has 120 valence electrons. The van der Waals surface area contributed by atoms with Gasteiger partial charge in [0.05, 0.1) is 11.4 Å². The third-order valence-electron chi connectivity index (χ3n) is 4.32. The van der Waals surface area contributed by atoms with Crippen molar-refractivity contribution in [3.05, 3.63) is 46.2 Å². The summed E-state index contributed by atoms with van der Waals surface area (Å²) in [5.41, 5.74) is 3.02. The molecule has 1 aromatic carbocycles. The first kappa shape index (κ1) is 15.8. The second-order valence-electron chi connectivity index (χ2n) is 5.88. The molecule has 0 atom stereocenters. The van der Waals surface area contributed by atoms with Gasteiger partial charge in [-0.3, -0.25) is 9.59 Å². The van der Waals surface area contributed by atoms with Crippen molar-refractivity contribution < 1.29 is 4.79 Å². The van der Waals surface area contributed by atoms with E-state index in [0.29, 0.717) is 17.3 Å². The van der Waals surface area contributed by atoms with Gasteiger partial charge in [0.15, 0.2) is 0 Å². The largest absolute Gasteiger partial charge is 0.316 e. The van der Waals surface area contributed by atoms with E-state index < -0.39 is 5.24 Å². The summed E-state index contributed by atoms with van der Waals surface area (Å²) in [5, 5.41) is 8.80. The molecule has 1 saturated carbocycles. The van der Waals surface area contributed by atoms with Crippen molar-refractivity contribution in [1.29, 1.82) is 0 Å². The first-order chi connectivity index (χ1) is 11.1. The van der Waals surface area contributed by atoms with E-state index in [1.54, 1.807) is 6.07 Å². The zero-order valence-electron chi connectivity index (χ0n) is 12.7. The average Bonchev–Trinajstić information content (AvgIpc) is 2.56. The van der Waals surface area contributed by atoms with Crippen LogP contribution in [0.1, 0.15) is 43.6 Å². The molecule has 1 aromatic heterocycles. The minimum Gasteiger partial charge on any atom is -0.316 e. The highest BCUT2D eigenvalue weighted by atomic mass is 32.1. The van der Waals surface area contributed by atoms with Crippen LogP contribution in [0.5, 0.6) is 0 Å². The third kappa shape index (κ3) is 3.82. The lowest BCUT2D eigenvalue weighted by molar-refractivity contribution is 0.270. The molecule has 1 aliphatic rings. The number of H-pyrrole nitrogens is 1. The number of anilines is 1. The van der Waals surface area contributed by atoms with Crippen LogP contribution < -0.4 is 10.9 Å². The van der Waals surface area contributed by atoms with Crippen LogP contribution in [0.3, 0.4) is 0 Å². The Morgan fingerprint density at radius 3 is 2.61 bits per heavy atom. The van der Waals surface area contributed by atoms with E-state index in [2.05, 4.69) is 34.2 Å². The van der Waals surface area contributed by atoms with E-state index in [-0.39, 0.29) is 5.56 Å². The standard InChI is InChI=1S/C17H19N3O2S/c21-16-9-8-14(19-20-16)13-7-6-12(10-15(13)18-17(22)23)11-4-2-1-3-5-11/h6-11H,1-5H2,(H,20,21)(H2,18,22,23). The summed E-state index contributed by atoms with van der Waals surface area (Å²) in [6.07, 6.45) is 6.18. The molecule has 1 fully saturated rings. The number of aromatic amines is 1. The summed E-state index contributed by atoms with van der Waals surface area (Å²) in [4.78, 5) is 22.6. The van der Waals surface area contributed by atoms with Crippen molar-refractivity contribution in [2.75, 3.05) is 5.32 Å².